The van der Waals surface area contributed by atoms with E-state index in [-0.39, 0.29) is 11.6 Å². The van der Waals surface area contributed by atoms with Crippen molar-refractivity contribution in [1.29, 1.82) is 0 Å². The van der Waals surface area contributed by atoms with E-state index in [1.165, 1.54) is 13.3 Å². The number of piperidine rings is 1. The molecule has 3 heterocycles. The van der Waals surface area contributed by atoms with Crippen LogP contribution in [0, 0.1) is 0 Å². The molecular weight excluding hydrogens is 398 g/mol. The molecule has 1 fully saturated rings. The molecule has 3 aromatic rings. The van der Waals surface area contributed by atoms with E-state index >= 15 is 0 Å². The first kappa shape index (κ1) is 20.4. The first-order chi connectivity index (χ1) is 15.1. The molecule has 0 amide bonds. The summed E-state index contributed by atoms with van der Waals surface area (Å²) in [6.45, 7) is 0.713. The quantitative estimate of drug-likeness (QED) is 0.611. The summed E-state index contributed by atoms with van der Waals surface area (Å²) in [4.78, 5) is 31.3. The topological polar surface area (TPSA) is 113 Å². The standard InChI is InChI=1S/C22H23N5O4/c1-31-17-8-4-7-16(12-17)27-21(29)18(20(28)25-22(27)30)14-24-26-11-3-2-9-19(26)15-6-5-10-23-13-15/h4-8,10,12-14,19,29H,2-3,9,11H2,1H3,(H,25,28,30)/t19-/m1/s1. The highest BCUT2D eigenvalue weighted by molar-refractivity contribution is 5.82. The molecule has 0 saturated carbocycles. The number of nitrogens with one attached hydrogen (secondary N) is 1. The van der Waals surface area contributed by atoms with E-state index in [0.29, 0.717) is 18.0 Å². The third-order valence-corrected chi connectivity index (χ3v) is 5.31. The first-order valence-corrected chi connectivity index (χ1v) is 10.0. The zero-order chi connectivity index (χ0) is 21.8. The van der Waals surface area contributed by atoms with Crippen LogP contribution in [0.5, 0.6) is 11.6 Å². The molecule has 0 spiro atoms. The van der Waals surface area contributed by atoms with Crippen molar-refractivity contribution in [3.63, 3.8) is 0 Å². The number of ether oxygens (including phenoxy) is 1. The van der Waals surface area contributed by atoms with Gasteiger partial charge in [-0.3, -0.25) is 19.8 Å². The lowest BCUT2D eigenvalue weighted by Gasteiger charge is -2.33. The second-order valence-electron chi connectivity index (χ2n) is 7.24. The molecule has 4 rings (SSSR count). The van der Waals surface area contributed by atoms with Gasteiger partial charge >= 0.3 is 5.69 Å². The third-order valence-electron chi connectivity index (χ3n) is 5.31. The molecule has 1 saturated heterocycles. The molecule has 9 heteroatoms. The minimum atomic E-state index is -0.751. The summed E-state index contributed by atoms with van der Waals surface area (Å²) >= 11 is 0. The summed E-state index contributed by atoms with van der Waals surface area (Å²) in [5.74, 6) is 0.0264. The van der Waals surface area contributed by atoms with Crippen LogP contribution in [0.1, 0.15) is 36.4 Å². The van der Waals surface area contributed by atoms with E-state index in [9.17, 15) is 14.7 Å². The molecule has 0 aliphatic carbocycles. The highest BCUT2D eigenvalue weighted by Gasteiger charge is 2.23. The first-order valence-electron chi connectivity index (χ1n) is 10.0. The van der Waals surface area contributed by atoms with Gasteiger partial charge in [0, 0.05) is 25.0 Å². The zero-order valence-corrected chi connectivity index (χ0v) is 17.1. The normalized spacial score (nSPS) is 16.5. The van der Waals surface area contributed by atoms with Crippen molar-refractivity contribution in [2.24, 2.45) is 5.10 Å². The fourth-order valence-electron chi connectivity index (χ4n) is 3.74. The number of aromatic hydroxyl groups is 1. The Morgan fingerprint density at radius 2 is 2.13 bits per heavy atom. The number of benzene rings is 1. The molecule has 0 bridgehead atoms. The molecule has 2 N–H and O–H groups in total. The zero-order valence-electron chi connectivity index (χ0n) is 17.1. The Balaban J connectivity index is 1.72. The van der Waals surface area contributed by atoms with Gasteiger partial charge in [0.25, 0.3) is 5.56 Å². The maximum atomic E-state index is 12.4. The SMILES string of the molecule is COc1cccc(-n2c(O)c(C=NN3CCCC[C@@H]3c3cccnc3)c(=O)[nH]c2=O)c1. The Morgan fingerprint density at radius 1 is 1.26 bits per heavy atom. The van der Waals surface area contributed by atoms with Gasteiger partial charge in [-0.15, -0.1) is 0 Å². The molecule has 1 aliphatic rings. The lowest BCUT2D eigenvalue weighted by Crippen LogP contribution is -2.32. The number of hydrogen-bond donors (Lipinski definition) is 2. The molecule has 31 heavy (non-hydrogen) atoms. The Hall–Kier alpha value is -3.88. The Morgan fingerprint density at radius 3 is 2.90 bits per heavy atom. The van der Waals surface area contributed by atoms with Gasteiger partial charge in [-0.2, -0.15) is 5.10 Å². The lowest BCUT2D eigenvalue weighted by atomic mass is 9.98. The largest absolute Gasteiger partial charge is 0.497 e. The number of nitrogens with zero attached hydrogens (tertiary/aromatic N) is 4. The summed E-state index contributed by atoms with van der Waals surface area (Å²) in [5, 5.41) is 17.1. The number of hydrogen-bond acceptors (Lipinski definition) is 7. The fourth-order valence-corrected chi connectivity index (χ4v) is 3.74. The molecule has 9 nitrogen and oxygen atoms in total. The molecule has 1 aliphatic heterocycles. The highest BCUT2D eigenvalue weighted by atomic mass is 16.5. The fraction of sp³-hybridized carbons (Fsp3) is 0.273. The van der Waals surface area contributed by atoms with Crippen molar-refractivity contribution in [3.8, 4) is 17.3 Å². The molecular formula is C22H23N5O4. The smallest absolute Gasteiger partial charge is 0.335 e. The Bertz CT molecular complexity index is 1200. The van der Waals surface area contributed by atoms with Crippen LogP contribution in [0.25, 0.3) is 5.69 Å². The van der Waals surface area contributed by atoms with Crippen LogP contribution in [0.3, 0.4) is 0 Å². The number of rotatable bonds is 5. The van der Waals surface area contributed by atoms with Crippen molar-refractivity contribution in [3.05, 3.63) is 80.8 Å². The van der Waals surface area contributed by atoms with Gasteiger partial charge < -0.3 is 9.84 Å². The van der Waals surface area contributed by atoms with E-state index in [2.05, 4.69) is 15.1 Å². The van der Waals surface area contributed by atoms with Crippen LogP contribution in [0.4, 0.5) is 0 Å². The van der Waals surface area contributed by atoms with Crippen molar-refractivity contribution in [2.45, 2.75) is 25.3 Å². The molecule has 0 radical (unpaired) electrons. The molecule has 1 atom stereocenters. The van der Waals surface area contributed by atoms with Crippen LogP contribution in [-0.2, 0) is 0 Å². The van der Waals surface area contributed by atoms with Crippen LogP contribution >= 0.6 is 0 Å². The number of H-pyrrole nitrogens is 1. The second kappa shape index (κ2) is 8.86. The monoisotopic (exact) mass is 421 g/mol. The third kappa shape index (κ3) is 4.20. The van der Waals surface area contributed by atoms with Crippen molar-refractivity contribution in [2.75, 3.05) is 13.7 Å². The average molecular weight is 421 g/mol. The van der Waals surface area contributed by atoms with Crippen molar-refractivity contribution in [1.82, 2.24) is 19.5 Å². The lowest BCUT2D eigenvalue weighted by molar-refractivity contribution is 0.156. The van der Waals surface area contributed by atoms with Crippen molar-refractivity contribution < 1.29 is 9.84 Å². The van der Waals surface area contributed by atoms with Gasteiger partial charge in [0.1, 0.15) is 11.3 Å². The van der Waals surface area contributed by atoms with E-state index in [1.54, 1.807) is 30.5 Å². The van der Waals surface area contributed by atoms with Gasteiger partial charge in [-0.05, 0) is 43.0 Å². The summed E-state index contributed by atoms with van der Waals surface area (Å²) in [7, 11) is 1.50. The highest BCUT2D eigenvalue weighted by Crippen LogP contribution is 2.30. The molecule has 2 aromatic heterocycles. The Kier molecular flexibility index (Phi) is 5.83. The van der Waals surface area contributed by atoms with Gasteiger partial charge in [0.15, 0.2) is 0 Å². The summed E-state index contributed by atoms with van der Waals surface area (Å²) < 4.78 is 6.20. The molecule has 0 unspecified atom stereocenters. The van der Waals surface area contributed by atoms with E-state index in [4.69, 9.17) is 4.74 Å². The molecule has 1 aromatic carbocycles. The van der Waals surface area contributed by atoms with Crippen LogP contribution in [-0.4, -0.2) is 44.5 Å². The number of aromatic nitrogens is 3. The summed E-state index contributed by atoms with van der Waals surface area (Å²) in [5.41, 5.74) is -0.157. The number of pyridine rings is 1. The van der Waals surface area contributed by atoms with Gasteiger partial charge in [0.2, 0.25) is 5.88 Å². The van der Waals surface area contributed by atoms with Crippen LogP contribution in [0.15, 0.2) is 63.5 Å². The Labute approximate surface area is 178 Å². The van der Waals surface area contributed by atoms with E-state index in [1.807, 2.05) is 23.3 Å². The van der Waals surface area contributed by atoms with Gasteiger partial charge in [-0.25, -0.2) is 9.36 Å². The minimum Gasteiger partial charge on any atom is -0.497 e. The van der Waals surface area contributed by atoms with Crippen molar-refractivity contribution >= 4 is 6.21 Å². The summed E-state index contributed by atoms with van der Waals surface area (Å²) in [6, 6.07) is 10.5. The predicted molar refractivity (Wildman–Crippen MR) is 116 cm³/mol. The molecule has 160 valence electrons. The predicted octanol–water partition coefficient (Wildman–Crippen LogP) is 2.20. The van der Waals surface area contributed by atoms with E-state index < -0.39 is 17.1 Å². The van der Waals surface area contributed by atoms with Gasteiger partial charge in [0.05, 0.1) is 25.1 Å². The average Bonchev–Trinajstić information content (AvgIpc) is 2.79. The van der Waals surface area contributed by atoms with Crippen LogP contribution in [0.2, 0.25) is 0 Å². The summed E-state index contributed by atoms with van der Waals surface area (Å²) in [6.07, 6.45) is 7.79. The number of aromatic amines is 1. The van der Waals surface area contributed by atoms with Gasteiger partial charge in [-0.1, -0.05) is 12.1 Å². The number of hydrazone groups is 1. The minimum absolute atomic E-state index is 0.0317. The van der Waals surface area contributed by atoms with Crippen LogP contribution < -0.4 is 16.0 Å². The maximum Gasteiger partial charge on any atom is 0.335 e. The second-order valence-corrected chi connectivity index (χ2v) is 7.24. The van der Waals surface area contributed by atoms with E-state index in [0.717, 1.165) is 29.4 Å². The number of methoxy groups -OCH3 is 1. The maximum absolute atomic E-state index is 12.4.